The molecule has 1 fully saturated rings. The molecule has 0 aromatic carbocycles. The Labute approximate surface area is 115 Å². The van der Waals surface area contributed by atoms with Crippen molar-refractivity contribution in [3.05, 3.63) is 0 Å². The number of piperidine rings is 1. The number of nitrogens with zero attached hydrogens (tertiary/aromatic N) is 4. The molecule has 0 bridgehead atoms. The van der Waals surface area contributed by atoms with Gasteiger partial charge < -0.3 is 21.8 Å². The number of hydrogen-bond donors (Lipinski definition) is 3. The zero-order valence-electron chi connectivity index (χ0n) is 10.5. The van der Waals surface area contributed by atoms with E-state index >= 15 is 0 Å². The van der Waals surface area contributed by atoms with Crippen LogP contribution in [0.15, 0.2) is 0 Å². The van der Waals surface area contributed by atoms with Crippen LogP contribution in [0.2, 0.25) is 0 Å². The van der Waals surface area contributed by atoms with Gasteiger partial charge >= 0.3 is 28.2 Å². The third-order valence-electron chi connectivity index (χ3n) is 2.65. The first-order chi connectivity index (χ1) is 8.87. The quantitative estimate of drug-likeness (QED) is 0.416. The highest BCUT2D eigenvalue weighted by Crippen LogP contribution is 2.15. The second kappa shape index (κ2) is 6.02. The van der Waals surface area contributed by atoms with E-state index < -0.39 is 10.4 Å². The largest absolute Gasteiger partial charge is 0.870 e. The molecule has 6 N–H and O–H groups in total. The minimum absolute atomic E-state index is 0. The molecule has 1 aliphatic heterocycles. The van der Waals surface area contributed by atoms with E-state index in [2.05, 4.69) is 14.3 Å². The van der Waals surface area contributed by atoms with Crippen LogP contribution < -0.4 is 25.4 Å². The first kappa shape index (κ1) is 16.1. The van der Waals surface area contributed by atoms with Crippen molar-refractivity contribution in [3.8, 4) is 0 Å². The Bertz CT molecular complexity index is 550. The van der Waals surface area contributed by atoms with Crippen molar-refractivity contribution in [2.24, 2.45) is 0 Å². The lowest BCUT2D eigenvalue weighted by Crippen LogP contribution is -2.51. The number of aromatic nitrogens is 3. The van der Waals surface area contributed by atoms with Crippen molar-refractivity contribution < 1.29 is 27.5 Å². The van der Waals surface area contributed by atoms with Crippen LogP contribution in [0.1, 0.15) is 19.3 Å². The van der Waals surface area contributed by atoms with Crippen LogP contribution in [0.5, 0.6) is 0 Å². The molecule has 0 saturated carbocycles. The Morgan fingerprint density at radius 2 is 1.65 bits per heavy atom. The lowest BCUT2D eigenvalue weighted by atomic mass is 10.1. The van der Waals surface area contributed by atoms with Crippen LogP contribution in [-0.2, 0) is 10.4 Å². The van der Waals surface area contributed by atoms with Crippen molar-refractivity contribution in [2.45, 2.75) is 19.3 Å². The molecule has 1 aromatic heterocycles. The molecule has 1 aliphatic rings. The Morgan fingerprint density at radius 1 is 1.15 bits per heavy atom. The maximum Gasteiger partial charge on any atom is 0.472 e. The third-order valence-corrected chi connectivity index (χ3v) is 2.99. The molecule has 114 valence electrons. The Morgan fingerprint density at radius 3 is 2.10 bits per heavy atom. The van der Waals surface area contributed by atoms with Gasteiger partial charge in [0.25, 0.3) is 0 Å². The van der Waals surface area contributed by atoms with Gasteiger partial charge in [-0.3, -0.25) is 4.55 Å². The van der Waals surface area contributed by atoms with E-state index in [4.69, 9.17) is 16.0 Å². The van der Waals surface area contributed by atoms with Gasteiger partial charge in [-0.05, 0) is 24.0 Å². The Hall–Kier alpha value is -1.92. The molecule has 0 spiro atoms. The second-order valence-electron chi connectivity index (χ2n) is 4.08. The summed E-state index contributed by atoms with van der Waals surface area (Å²) >= 11 is 0. The zero-order chi connectivity index (χ0) is 14.0. The number of anilines is 3. The fraction of sp³-hybridized carbons (Fsp3) is 0.625. The minimum atomic E-state index is -4.75. The zero-order valence-corrected chi connectivity index (χ0v) is 11.3. The topological polar surface area (TPSA) is 179 Å². The molecule has 12 heteroatoms. The third kappa shape index (κ3) is 3.79. The molecule has 11 nitrogen and oxygen atoms in total. The first-order valence-electron chi connectivity index (χ1n) is 5.64. The molecule has 20 heavy (non-hydrogen) atoms. The lowest BCUT2D eigenvalue weighted by Gasteiger charge is -2.24. The summed E-state index contributed by atoms with van der Waals surface area (Å²) < 4.78 is 34.4. The maximum atomic E-state index is 10.6. The van der Waals surface area contributed by atoms with Crippen molar-refractivity contribution in [2.75, 3.05) is 29.5 Å². The van der Waals surface area contributed by atoms with Gasteiger partial charge in [0.05, 0.1) is 0 Å². The molecule has 0 atom stereocenters. The van der Waals surface area contributed by atoms with Gasteiger partial charge in [0.2, 0.25) is 0 Å². The van der Waals surface area contributed by atoms with Crippen molar-refractivity contribution in [3.63, 3.8) is 0 Å². The van der Waals surface area contributed by atoms with Crippen molar-refractivity contribution in [1.82, 2.24) is 9.97 Å². The fourth-order valence-corrected chi connectivity index (χ4v) is 2.19. The molecule has 2 rings (SSSR count). The summed E-state index contributed by atoms with van der Waals surface area (Å²) in [6, 6.07) is 0. The molecule has 0 radical (unpaired) electrons. The summed E-state index contributed by atoms with van der Waals surface area (Å²) in [5.41, 5.74) is 11.1. The van der Waals surface area contributed by atoms with Gasteiger partial charge in [-0.2, -0.15) is 8.42 Å². The van der Waals surface area contributed by atoms with Crippen LogP contribution in [0, 0.1) is 0 Å². The van der Waals surface area contributed by atoms with E-state index in [1.807, 2.05) is 4.90 Å². The predicted molar refractivity (Wildman–Crippen MR) is 67.2 cm³/mol. The van der Waals surface area contributed by atoms with Crippen LogP contribution in [0.25, 0.3) is 0 Å². The average Bonchev–Trinajstić information content (AvgIpc) is 2.33. The molecule has 0 unspecified atom stereocenters. The number of nitrogen functional groups attached to an aromatic ring is 2. The van der Waals surface area contributed by atoms with Crippen molar-refractivity contribution >= 4 is 28.2 Å². The number of rotatable bonds is 3. The van der Waals surface area contributed by atoms with E-state index in [-0.39, 0.29) is 17.4 Å². The highest BCUT2D eigenvalue weighted by Gasteiger charge is 2.25. The SMILES string of the molecule is Nc1nc(N2CCCCC2)nc(N)[n+]1OS(=O)(=O)O.[OH-]. The van der Waals surface area contributed by atoms with E-state index in [0.717, 1.165) is 32.4 Å². The van der Waals surface area contributed by atoms with Crippen molar-refractivity contribution in [1.29, 1.82) is 0 Å². The molecular formula is C8H16N6O5S. The predicted octanol–water partition coefficient (Wildman–Crippen LogP) is -2.03. The first-order valence-corrected chi connectivity index (χ1v) is 7.01. The Kier molecular flexibility index (Phi) is 4.86. The van der Waals surface area contributed by atoms with Gasteiger partial charge in [-0.25, -0.2) is 4.28 Å². The smallest absolute Gasteiger partial charge is 0.472 e. The molecule has 2 heterocycles. The summed E-state index contributed by atoms with van der Waals surface area (Å²) in [5, 5.41) is 0. The molecule has 1 saturated heterocycles. The number of nitrogens with two attached hydrogens (primary N) is 2. The maximum absolute atomic E-state index is 10.6. The summed E-state index contributed by atoms with van der Waals surface area (Å²) in [6.07, 6.45) is 3.17. The van der Waals surface area contributed by atoms with Gasteiger partial charge in [0.1, 0.15) is 0 Å². The van der Waals surface area contributed by atoms with Crippen LogP contribution in [0.4, 0.5) is 17.8 Å². The van der Waals surface area contributed by atoms with Gasteiger partial charge in [0, 0.05) is 13.1 Å². The highest BCUT2D eigenvalue weighted by molar-refractivity contribution is 7.80. The normalized spacial score (nSPS) is 15.6. The van der Waals surface area contributed by atoms with Crippen LogP contribution in [0.3, 0.4) is 0 Å². The van der Waals surface area contributed by atoms with Gasteiger partial charge in [-0.15, -0.1) is 0 Å². The number of hydrogen-bond acceptors (Lipinski definition) is 9. The Balaban J connectivity index is 0.00000200. The molecule has 0 aliphatic carbocycles. The molecule has 0 amide bonds. The molecule has 1 aromatic rings. The second-order valence-corrected chi connectivity index (χ2v) is 5.09. The molecular weight excluding hydrogens is 292 g/mol. The van der Waals surface area contributed by atoms with E-state index in [0.29, 0.717) is 10.7 Å². The highest BCUT2D eigenvalue weighted by atomic mass is 32.3. The van der Waals surface area contributed by atoms with E-state index in [1.165, 1.54) is 0 Å². The average molecular weight is 308 g/mol. The monoisotopic (exact) mass is 308 g/mol. The summed E-state index contributed by atoms with van der Waals surface area (Å²) in [7, 11) is -4.75. The van der Waals surface area contributed by atoms with E-state index in [9.17, 15) is 8.42 Å². The van der Waals surface area contributed by atoms with E-state index in [1.54, 1.807) is 0 Å². The lowest BCUT2D eigenvalue weighted by molar-refractivity contribution is -0.836. The summed E-state index contributed by atoms with van der Waals surface area (Å²) in [5.74, 6) is -0.318. The minimum Gasteiger partial charge on any atom is -0.870 e. The van der Waals surface area contributed by atoms with Gasteiger partial charge in [-0.1, -0.05) is 9.97 Å². The summed E-state index contributed by atoms with van der Waals surface area (Å²) in [4.78, 5) is 9.73. The van der Waals surface area contributed by atoms with Crippen LogP contribution >= 0.6 is 0 Å². The standard InChI is InChI=1S/C8H14N6O4S.H2O/c9-6-11-8(13-4-2-1-3-5-13)12-7(10)14(6)18-19(15,16)17;/h1-5H2,(H4,9,10,11,12,15,16,17);1H2. The summed E-state index contributed by atoms with van der Waals surface area (Å²) in [6.45, 7) is 1.56. The van der Waals surface area contributed by atoms with Gasteiger partial charge in [0.15, 0.2) is 0 Å². The fourth-order valence-electron chi connectivity index (χ4n) is 1.84. The van der Waals surface area contributed by atoms with Crippen LogP contribution in [-0.4, -0.2) is 41.5 Å².